The molecule has 234 valence electrons. The number of phenolic OH excluding ortho intramolecular Hbond substituents is 1. The Kier molecular flexibility index (Phi) is 10.6. The zero-order valence-electron chi connectivity index (χ0n) is 23.6. The first-order valence-electron chi connectivity index (χ1n) is 12.5. The Morgan fingerprint density at radius 2 is 1.77 bits per heavy atom. The predicted octanol–water partition coefficient (Wildman–Crippen LogP) is 5.74. The van der Waals surface area contributed by atoms with Crippen LogP contribution in [0.3, 0.4) is 0 Å². The second kappa shape index (κ2) is 13.8. The quantitative estimate of drug-likeness (QED) is 0.177. The lowest BCUT2D eigenvalue weighted by molar-refractivity contribution is -0.141. The van der Waals surface area contributed by atoms with Gasteiger partial charge in [-0.2, -0.15) is 13.2 Å². The molecule has 0 spiro atoms. The van der Waals surface area contributed by atoms with Crippen LogP contribution < -0.4 is 16.0 Å². The molecule has 0 fully saturated rings. The van der Waals surface area contributed by atoms with Crippen LogP contribution >= 0.6 is 22.9 Å². The Morgan fingerprint density at radius 1 is 1.07 bits per heavy atom. The molecular weight excluding hydrogens is 629 g/mol. The van der Waals surface area contributed by atoms with Gasteiger partial charge in [-0.15, -0.1) is 0 Å². The number of thiazole rings is 1. The van der Waals surface area contributed by atoms with Crippen LogP contribution in [0.5, 0.6) is 5.75 Å². The smallest absolute Gasteiger partial charge is 0.434 e. The van der Waals surface area contributed by atoms with Crippen molar-refractivity contribution in [1.82, 2.24) is 15.6 Å². The summed E-state index contributed by atoms with van der Waals surface area (Å²) in [5.41, 5.74) is -2.57. The van der Waals surface area contributed by atoms with Crippen LogP contribution in [0, 0.1) is 0 Å². The molecule has 3 amide bonds. The van der Waals surface area contributed by atoms with Gasteiger partial charge in [0.1, 0.15) is 17.0 Å². The van der Waals surface area contributed by atoms with E-state index in [2.05, 4.69) is 25.7 Å². The highest BCUT2D eigenvalue weighted by molar-refractivity contribution is 7.16. The van der Waals surface area contributed by atoms with Crippen molar-refractivity contribution in [2.75, 3.05) is 12.4 Å². The summed E-state index contributed by atoms with van der Waals surface area (Å²) in [6.45, 7) is 4.76. The third-order valence-electron chi connectivity index (χ3n) is 5.30. The van der Waals surface area contributed by atoms with Crippen molar-refractivity contribution in [1.29, 1.82) is 0 Å². The summed E-state index contributed by atoms with van der Waals surface area (Å²) in [5.74, 6) is -2.71. The molecule has 0 radical (unpaired) electrons. The van der Waals surface area contributed by atoms with E-state index in [1.165, 1.54) is 30.3 Å². The Bertz CT molecular complexity index is 1620. The number of hydrogen-bond acceptors (Lipinski definition) is 9. The number of anilines is 1. The molecule has 1 aromatic heterocycles. The molecule has 0 atom stereocenters. The number of esters is 1. The van der Waals surface area contributed by atoms with Gasteiger partial charge in [-0.1, -0.05) is 35.1 Å². The van der Waals surface area contributed by atoms with Crippen molar-refractivity contribution >= 4 is 58.0 Å². The minimum Gasteiger partial charge on any atom is -0.508 e. The highest BCUT2D eigenvalue weighted by atomic mass is 35.5. The lowest BCUT2D eigenvalue weighted by Gasteiger charge is -2.18. The van der Waals surface area contributed by atoms with Gasteiger partial charge in [0.25, 0.3) is 11.8 Å². The topological polar surface area (TPSA) is 156 Å². The molecule has 3 rings (SSSR count). The molecule has 0 saturated carbocycles. The van der Waals surface area contributed by atoms with Crippen molar-refractivity contribution < 1.29 is 46.9 Å². The van der Waals surface area contributed by atoms with Gasteiger partial charge in [0.2, 0.25) is 0 Å². The number of amides is 3. The van der Waals surface area contributed by atoms with Crippen LogP contribution in [0.2, 0.25) is 5.02 Å². The molecule has 0 bridgehead atoms. The van der Waals surface area contributed by atoms with Crippen LogP contribution in [0.25, 0.3) is 6.08 Å². The first-order valence-corrected chi connectivity index (χ1v) is 13.7. The van der Waals surface area contributed by atoms with Gasteiger partial charge in [-0.05, 0) is 62.7 Å². The third-order valence-corrected chi connectivity index (χ3v) is 6.53. The predicted molar refractivity (Wildman–Crippen MR) is 155 cm³/mol. The number of hydrogen-bond donors (Lipinski definition) is 4. The Hall–Kier alpha value is -4.63. The molecule has 2 aromatic carbocycles. The molecule has 1 heterocycles. The van der Waals surface area contributed by atoms with Gasteiger partial charge in [-0.3, -0.25) is 14.9 Å². The lowest BCUT2D eigenvalue weighted by atomic mass is 10.1. The fraction of sp³-hybridized carbons (Fsp3) is 0.250. The average Bonchev–Trinajstić information content (AvgIpc) is 3.32. The average molecular weight is 655 g/mol. The molecule has 0 aliphatic heterocycles. The number of methoxy groups -OCH3 is 1. The number of carbonyl (C=O) groups excluding carboxylic acids is 4. The Labute approximate surface area is 258 Å². The second-order valence-electron chi connectivity index (χ2n) is 9.91. The Morgan fingerprint density at radius 3 is 2.36 bits per heavy atom. The summed E-state index contributed by atoms with van der Waals surface area (Å²) >= 11 is 6.60. The van der Waals surface area contributed by atoms with Crippen LogP contribution in [0.4, 0.5) is 23.1 Å². The summed E-state index contributed by atoms with van der Waals surface area (Å²) in [6, 6.07) is 9.90. The number of halogens is 4. The Balaban J connectivity index is 1.84. The molecule has 0 saturated heterocycles. The fourth-order valence-electron chi connectivity index (χ4n) is 3.45. The molecule has 0 aliphatic carbocycles. The summed E-state index contributed by atoms with van der Waals surface area (Å²) in [6.07, 6.45) is -5.35. The van der Waals surface area contributed by atoms with Crippen molar-refractivity contribution in [3.63, 3.8) is 0 Å². The number of ether oxygens (including phenoxy) is 2. The minimum absolute atomic E-state index is 0.0263. The highest BCUT2D eigenvalue weighted by Gasteiger charge is 2.38. The van der Waals surface area contributed by atoms with Gasteiger partial charge in [-0.25, -0.2) is 14.6 Å². The van der Waals surface area contributed by atoms with E-state index >= 15 is 0 Å². The van der Waals surface area contributed by atoms with E-state index in [1.807, 2.05) is 0 Å². The van der Waals surface area contributed by atoms with Crippen molar-refractivity contribution in [3.05, 3.63) is 80.4 Å². The van der Waals surface area contributed by atoms with Gasteiger partial charge in [0.05, 0.1) is 22.6 Å². The van der Waals surface area contributed by atoms with Crippen LogP contribution in [-0.4, -0.2) is 46.7 Å². The van der Waals surface area contributed by atoms with Gasteiger partial charge in [0, 0.05) is 12.1 Å². The summed E-state index contributed by atoms with van der Waals surface area (Å²) in [4.78, 5) is 52.8. The zero-order chi connectivity index (χ0) is 32.8. The first-order chi connectivity index (χ1) is 20.5. The monoisotopic (exact) mass is 654 g/mol. The van der Waals surface area contributed by atoms with E-state index in [4.69, 9.17) is 16.3 Å². The summed E-state index contributed by atoms with van der Waals surface area (Å²) in [5, 5.41) is 15.8. The van der Waals surface area contributed by atoms with Crippen molar-refractivity contribution in [2.24, 2.45) is 0 Å². The number of benzene rings is 2. The summed E-state index contributed by atoms with van der Waals surface area (Å²) < 4.78 is 50.9. The molecule has 0 unspecified atom stereocenters. The third kappa shape index (κ3) is 9.44. The second-order valence-corrected chi connectivity index (χ2v) is 11.3. The maximum atomic E-state index is 13.8. The van der Waals surface area contributed by atoms with Crippen LogP contribution in [0.15, 0.2) is 48.2 Å². The molecule has 4 N–H and O–H groups in total. The minimum atomic E-state index is -5.00. The number of nitrogens with one attached hydrogen (secondary N) is 3. The number of aromatic hydroxyl groups is 1. The molecule has 11 nitrogen and oxygen atoms in total. The van der Waals surface area contributed by atoms with Gasteiger partial charge < -0.3 is 25.2 Å². The number of phenols is 1. The standard InChI is InChI=1S/C28H26ClF3N4O7S/c1-27(2,3)43-26(41)36-25-35-21(28(30,31)32)20(44-25)12-19(24(40)42-4)34-23(39)17-9-8-15(11-18(17)29)22(38)33-13-14-6-5-7-16(37)10-14/h5-12,37H,13H2,1-4H3,(H,33,38)(H,34,39)(H,35,36,41)/b19-12-. The van der Waals surface area contributed by atoms with E-state index in [0.717, 1.165) is 7.11 Å². The molecule has 16 heteroatoms. The number of nitrogens with zero attached hydrogens (tertiary/aromatic N) is 1. The maximum Gasteiger partial charge on any atom is 0.434 e. The van der Waals surface area contributed by atoms with Crippen molar-refractivity contribution in [2.45, 2.75) is 39.1 Å². The van der Waals surface area contributed by atoms with E-state index in [0.29, 0.717) is 23.0 Å². The molecular formula is C28H26ClF3N4O7S. The lowest BCUT2D eigenvalue weighted by Crippen LogP contribution is -2.28. The molecule has 0 aliphatic rings. The molecule has 3 aromatic rings. The fourth-order valence-corrected chi connectivity index (χ4v) is 4.63. The van der Waals surface area contributed by atoms with Gasteiger partial charge >= 0.3 is 18.2 Å². The van der Waals surface area contributed by atoms with E-state index in [9.17, 15) is 37.5 Å². The first kappa shape index (κ1) is 33.9. The largest absolute Gasteiger partial charge is 0.508 e. The van der Waals surface area contributed by atoms with E-state index in [1.54, 1.807) is 32.9 Å². The highest BCUT2D eigenvalue weighted by Crippen LogP contribution is 2.37. The summed E-state index contributed by atoms with van der Waals surface area (Å²) in [7, 11) is 0.951. The van der Waals surface area contributed by atoms with E-state index in [-0.39, 0.29) is 28.4 Å². The normalized spacial score (nSPS) is 11.9. The SMILES string of the molecule is COC(=O)/C(=C/c1sc(NC(=O)OC(C)(C)C)nc1C(F)(F)F)NC(=O)c1ccc(C(=O)NCc2cccc(O)c2)cc1Cl. The van der Waals surface area contributed by atoms with Crippen LogP contribution in [-0.2, 0) is 27.0 Å². The maximum absolute atomic E-state index is 13.8. The number of rotatable bonds is 8. The number of carbonyl (C=O) groups is 4. The van der Waals surface area contributed by atoms with E-state index < -0.39 is 57.1 Å². The van der Waals surface area contributed by atoms with Gasteiger partial charge in [0.15, 0.2) is 10.8 Å². The number of aromatic nitrogens is 1. The zero-order valence-corrected chi connectivity index (χ0v) is 25.2. The van der Waals surface area contributed by atoms with Crippen molar-refractivity contribution in [3.8, 4) is 5.75 Å². The number of alkyl halides is 3. The van der Waals surface area contributed by atoms with Crippen LogP contribution in [0.1, 0.15) is 57.6 Å². The molecule has 44 heavy (non-hydrogen) atoms.